The maximum absolute atomic E-state index is 9.27. The van der Waals surface area contributed by atoms with Crippen LogP contribution in [0.25, 0.3) is 0 Å². The Labute approximate surface area is 36.1 Å². The van der Waals surface area contributed by atoms with Gasteiger partial charge in [0.25, 0.3) is 0 Å². The molecule has 0 aliphatic rings. The maximum Gasteiger partial charge on any atom is 0.143 e. The normalized spacial score (nSPS) is 9.00. The lowest BCUT2D eigenvalue weighted by molar-refractivity contribution is -0.104. The number of carbonyl (C=O) groups excluding carboxylic acids is 1. The Bertz CT molecular complexity index is 48.9. The minimum Gasteiger partial charge on any atom is -0.299 e. The monoisotopic (exact) mass is 88.0 g/mol. The van der Waals surface area contributed by atoms with Crippen LogP contribution in [0.15, 0.2) is 11.5 Å². The van der Waals surface area contributed by atoms with E-state index >= 15 is 0 Å². The summed E-state index contributed by atoms with van der Waals surface area (Å²) in [6.45, 7) is 0. The standard InChI is InChI=1S/C3H4OS/c4-2-1-3-5/h1-3,5H. The minimum atomic E-state index is 0.674. The predicted octanol–water partition coefficient (Wildman–Crippen LogP) is 0.629. The van der Waals surface area contributed by atoms with Crippen molar-refractivity contribution in [3.05, 3.63) is 11.5 Å². The van der Waals surface area contributed by atoms with Gasteiger partial charge in [0.2, 0.25) is 0 Å². The van der Waals surface area contributed by atoms with E-state index in [4.69, 9.17) is 0 Å². The fourth-order valence-corrected chi connectivity index (χ4v) is 0.105. The van der Waals surface area contributed by atoms with E-state index in [-0.39, 0.29) is 0 Å². The Kier molecular flexibility index (Phi) is 3.58. The van der Waals surface area contributed by atoms with Gasteiger partial charge in [0.15, 0.2) is 0 Å². The predicted molar refractivity (Wildman–Crippen MR) is 24.2 cm³/mol. The molecule has 0 radical (unpaired) electrons. The van der Waals surface area contributed by atoms with Gasteiger partial charge in [-0.15, -0.1) is 0 Å². The van der Waals surface area contributed by atoms with Crippen molar-refractivity contribution in [2.75, 3.05) is 0 Å². The zero-order valence-corrected chi connectivity index (χ0v) is 3.48. The number of rotatable bonds is 1. The van der Waals surface area contributed by atoms with E-state index in [2.05, 4.69) is 12.6 Å². The minimum absolute atomic E-state index is 0.674. The zero-order chi connectivity index (χ0) is 4.12. The lowest BCUT2D eigenvalue weighted by Gasteiger charge is -1.50. The van der Waals surface area contributed by atoms with Crippen molar-refractivity contribution in [2.24, 2.45) is 0 Å². The van der Waals surface area contributed by atoms with Gasteiger partial charge >= 0.3 is 0 Å². The Morgan fingerprint density at radius 2 is 2.20 bits per heavy atom. The molecular weight excluding hydrogens is 84.1 g/mol. The van der Waals surface area contributed by atoms with Crippen LogP contribution in [0.4, 0.5) is 0 Å². The van der Waals surface area contributed by atoms with E-state index < -0.39 is 0 Å². The molecule has 0 unspecified atom stereocenters. The second-order valence-electron chi connectivity index (χ2n) is 0.478. The van der Waals surface area contributed by atoms with Crippen molar-refractivity contribution in [3.8, 4) is 0 Å². The Hall–Kier alpha value is -0.240. The van der Waals surface area contributed by atoms with Gasteiger partial charge in [-0.2, -0.15) is 12.6 Å². The molecule has 0 heterocycles. The molecule has 1 nitrogen and oxygen atoms in total. The maximum atomic E-state index is 9.27. The van der Waals surface area contributed by atoms with Crippen LogP contribution in [0.1, 0.15) is 0 Å². The fourth-order valence-electron chi connectivity index (χ4n) is 0.0351. The molecule has 0 spiro atoms. The van der Waals surface area contributed by atoms with Crippen molar-refractivity contribution < 1.29 is 4.79 Å². The smallest absolute Gasteiger partial charge is 0.143 e. The highest BCUT2D eigenvalue weighted by atomic mass is 32.1. The van der Waals surface area contributed by atoms with Crippen LogP contribution < -0.4 is 0 Å². The number of hydrogen-bond acceptors (Lipinski definition) is 2. The summed E-state index contributed by atoms with van der Waals surface area (Å²) in [4.78, 5) is 9.27. The van der Waals surface area contributed by atoms with E-state index in [1.807, 2.05) is 0 Å². The summed E-state index contributed by atoms with van der Waals surface area (Å²) in [6, 6.07) is 0. The molecule has 0 amide bonds. The van der Waals surface area contributed by atoms with Crippen LogP contribution in [0.2, 0.25) is 0 Å². The molecule has 0 aromatic carbocycles. The van der Waals surface area contributed by atoms with Crippen LogP contribution in [-0.2, 0) is 4.79 Å². The van der Waals surface area contributed by atoms with Gasteiger partial charge in [-0.1, -0.05) is 0 Å². The topological polar surface area (TPSA) is 17.1 Å². The SMILES string of the molecule is O=CC=CS. The van der Waals surface area contributed by atoms with Crippen molar-refractivity contribution >= 4 is 18.9 Å². The van der Waals surface area contributed by atoms with Gasteiger partial charge in [-0.3, -0.25) is 4.79 Å². The highest BCUT2D eigenvalue weighted by molar-refractivity contribution is 7.83. The van der Waals surface area contributed by atoms with E-state index in [0.717, 1.165) is 0 Å². The van der Waals surface area contributed by atoms with E-state index in [9.17, 15) is 4.79 Å². The van der Waals surface area contributed by atoms with Gasteiger partial charge in [0, 0.05) is 0 Å². The summed E-state index contributed by atoms with van der Waals surface area (Å²) in [5, 5.41) is 1.38. The van der Waals surface area contributed by atoms with Crippen molar-refractivity contribution in [1.82, 2.24) is 0 Å². The van der Waals surface area contributed by atoms with Gasteiger partial charge in [0.1, 0.15) is 6.29 Å². The molecule has 0 saturated carbocycles. The molecule has 2 heteroatoms. The summed E-state index contributed by atoms with van der Waals surface area (Å²) in [6.07, 6.45) is 1.98. The molecule has 0 aromatic heterocycles. The molecular formula is C3H4OS. The molecule has 28 valence electrons. The molecule has 0 fully saturated rings. The molecule has 0 aromatic rings. The number of allylic oxidation sites excluding steroid dienone is 1. The quantitative estimate of drug-likeness (QED) is 0.282. The van der Waals surface area contributed by atoms with Gasteiger partial charge < -0.3 is 0 Å². The summed E-state index contributed by atoms with van der Waals surface area (Å²) >= 11 is 3.59. The van der Waals surface area contributed by atoms with Crippen LogP contribution in [0, 0.1) is 0 Å². The van der Waals surface area contributed by atoms with Crippen LogP contribution in [-0.4, -0.2) is 6.29 Å². The Morgan fingerprint density at radius 1 is 1.60 bits per heavy atom. The third kappa shape index (κ3) is 3.76. The lowest BCUT2D eigenvalue weighted by atomic mass is 10.7. The molecule has 0 N–H and O–H groups in total. The average Bonchev–Trinajstić information content (AvgIpc) is 1.41. The average molecular weight is 88.1 g/mol. The molecule has 0 atom stereocenters. The van der Waals surface area contributed by atoms with E-state index in [1.54, 1.807) is 0 Å². The molecule has 0 rings (SSSR count). The van der Waals surface area contributed by atoms with Crippen molar-refractivity contribution in [1.29, 1.82) is 0 Å². The fraction of sp³-hybridized carbons (Fsp3) is 0. The molecule has 0 saturated heterocycles. The summed E-state index contributed by atoms with van der Waals surface area (Å²) in [5.41, 5.74) is 0. The third-order valence-corrected chi connectivity index (χ3v) is 0.337. The highest BCUT2D eigenvalue weighted by Gasteiger charge is 1.48. The van der Waals surface area contributed by atoms with Crippen molar-refractivity contribution in [3.63, 3.8) is 0 Å². The van der Waals surface area contributed by atoms with E-state index in [1.165, 1.54) is 11.5 Å². The summed E-state index contributed by atoms with van der Waals surface area (Å²) in [5.74, 6) is 0. The number of aldehydes is 1. The molecule has 0 aliphatic heterocycles. The number of carbonyl (C=O) groups is 1. The lowest BCUT2D eigenvalue weighted by Crippen LogP contribution is -1.48. The second-order valence-corrected chi connectivity index (χ2v) is 0.776. The molecule has 5 heavy (non-hydrogen) atoms. The van der Waals surface area contributed by atoms with Crippen LogP contribution >= 0.6 is 12.6 Å². The first-order valence-corrected chi connectivity index (χ1v) is 1.68. The van der Waals surface area contributed by atoms with Gasteiger partial charge in [-0.25, -0.2) is 0 Å². The largest absolute Gasteiger partial charge is 0.299 e. The first-order valence-electron chi connectivity index (χ1n) is 1.16. The number of hydrogen-bond donors (Lipinski definition) is 1. The van der Waals surface area contributed by atoms with Crippen LogP contribution in [0.3, 0.4) is 0 Å². The van der Waals surface area contributed by atoms with E-state index in [0.29, 0.717) is 6.29 Å². The zero-order valence-electron chi connectivity index (χ0n) is 2.59. The second kappa shape index (κ2) is 3.76. The molecule has 0 aliphatic carbocycles. The third-order valence-electron chi connectivity index (χ3n) is 0.165. The number of thiol groups is 1. The Morgan fingerprint density at radius 3 is 2.20 bits per heavy atom. The Balaban J connectivity index is 2.92. The van der Waals surface area contributed by atoms with Crippen LogP contribution in [0.5, 0.6) is 0 Å². The van der Waals surface area contributed by atoms with Gasteiger partial charge in [0.05, 0.1) is 0 Å². The summed E-state index contributed by atoms with van der Waals surface area (Å²) < 4.78 is 0. The first-order chi connectivity index (χ1) is 2.41. The first kappa shape index (κ1) is 4.76. The molecule has 0 bridgehead atoms. The summed E-state index contributed by atoms with van der Waals surface area (Å²) in [7, 11) is 0. The highest BCUT2D eigenvalue weighted by Crippen LogP contribution is 1.67. The van der Waals surface area contributed by atoms with Crippen molar-refractivity contribution in [2.45, 2.75) is 0 Å². The van der Waals surface area contributed by atoms with Gasteiger partial charge in [-0.05, 0) is 11.5 Å².